The lowest BCUT2D eigenvalue weighted by atomic mass is 9.98. The summed E-state index contributed by atoms with van der Waals surface area (Å²) in [7, 11) is 4.55. The quantitative estimate of drug-likeness (QED) is 0.0921. The number of ether oxygens (including phenoxy) is 1. The van der Waals surface area contributed by atoms with Crippen LogP contribution in [0.15, 0.2) is 0 Å². The monoisotopic (exact) mass is 428 g/mol. The second-order valence-electron chi connectivity index (χ2n) is 9.06. The minimum Gasteiger partial charge on any atom is -0.352 e. The van der Waals surface area contributed by atoms with Gasteiger partial charge in [0, 0.05) is 6.61 Å². The van der Waals surface area contributed by atoms with Crippen molar-refractivity contribution in [2.75, 3.05) is 24.9 Å². The van der Waals surface area contributed by atoms with Gasteiger partial charge in [0.15, 0.2) is 6.29 Å². The van der Waals surface area contributed by atoms with E-state index in [1.54, 1.807) is 0 Å². The van der Waals surface area contributed by atoms with E-state index in [4.69, 9.17) is 16.8 Å². The fraction of sp³-hybridized carbons (Fsp3) is 1.00. The molecular weight excluding hydrogens is 375 g/mol. The second-order valence-corrected chi connectivity index (χ2v) is 12.5. The van der Waals surface area contributed by atoms with Crippen LogP contribution in [0, 0.1) is 0 Å². The molecule has 0 N–H and O–H groups in total. The summed E-state index contributed by atoms with van der Waals surface area (Å²) in [4.78, 5) is 0. The van der Waals surface area contributed by atoms with Crippen molar-refractivity contribution in [3.8, 4) is 0 Å². The highest BCUT2D eigenvalue weighted by molar-refractivity contribution is 8.28. The van der Waals surface area contributed by atoms with Crippen LogP contribution in [0.5, 0.6) is 0 Å². The summed E-state index contributed by atoms with van der Waals surface area (Å²) in [6.07, 6.45) is 27.3. The first kappa shape index (κ1) is 29.3. The number of rotatable bonds is 23. The van der Waals surface area contributed by atoms with E-state index in [-0.39, 0.29) is 6.29 Å². The fourth-order valence-electron chi connectivity index (χ4n) is 3.63. The van der Waals surface area contributed by atoms with Crippen LogP contribution in [0.4, 0.5) is 0 Å². The maximum atomic E-state index is 6.55. The van der Waals surface area contributed by atoms with E-state index in [0.717, 1.165) is 19.3 Å². The van der Waals surface area contributed by atoms with Crippen LogP contribution in [-0.2, 0) is 8.92 Å². The average molecular weight is 429 g/mol. The van der Waals surface area contributed by atoms with Crippen LogP contribution in [-0.4, -0.2) is 39.0 Å². The smallest absolute Gasteiger partial charge is 0.168 e. The first-order valence-corrected chi connectivity index (χ1v) is 15.3. The van der Waals surface area contributed by atoms with E-state index in [1.807, 2.05) is 0 Å². The molecular formula is C25H53BO2S. The lowest BCUT2D eigenvalue weighted by Crippen LogP contribution is -2.21. The Morgan fingerprint density at radius 2 is 1.17 bits per heavy atom. The molecule has 0 aliphatic rings. The Hall–Kier alpha value is 0.335. The normalized spacial score (nSPS) is 13.7. The molecule has 4 heteroatoms. The Bertz CT molecular complexity index is 326. The van der Waals surface area contributed by atoms with Crippen molar-refractivity contribution >= 4 is 18.2 Å². The molecule has 0 fully saturated rings. The van der Waals surface area contributed by atoms with E-state index in [0.29, 0.717) is 0 Å². The molecule has 2 nitrogen and oxygen atoms in total. The maximum Gasteiger partial charge on any atom is 0.168 e. The highest BCUT2D eigenvalue weighted by atomic mass is 32.3. The van der Waals surface area contributed by atoms with Gasteiger partial charge >= 0.3 is 0 Å². The molecule has 0 saturated carbocycles. The van der Waals surface area contributed by atoms with Crippen LogP contribution in [0.3, 0.4) is 0 Å². The Morgan fingerprint density at radius 1 is 0.655 bits per heavy atom. The number of hydrogen-bond donors (Lipinski definition) is 0. The molecule has 2 radical (unpaired) electrons. The molecule has 0 amide bonds. The maximum absolute atomic E-state index is 6.55. The summed E-state index contributed by atoms with van der Waals surface area (Å²) in [6, 6.07) is 0. The minimum absolute atomic E-state index is 0.0114. The van der Waals surface area contributed by atoms with Crippen LogP contribution < -0.4 is 0 Å². The zero-order valence-corrected chi connectivity index (χ0v) is 21.3. The van der Waals surface area contributed by atoms with E-state index in [1.165, 1.54) is 108 Å². The van der Waals surface area contributed by atoms with Crippen LogP contribution >= 0.6 is 10.3 Å². The lowest BCUT2D eigenvalue weighted by molar-refractivity contribution is -0.0790. The SMILES string of the molecule is [B]CCCCCCCCCOC(CCCCCCC)OS(C)(C)CCCCCC. The molecule has 0 aliphatic heterocycles. The zero-order chi connectivity index (χ0) is 21.6. The predicted molar refractivity (Wildman–Crippen MR) is 136 cm³/mol. The van der Waals surface area contributed by atoms with Crippen LogP contribution in [0.25, 0.3) is 0 Å². The van der Waals surface area contributed by atoms with Gasteiger partial charge in [-0.3, -0.25) is 0 Å². The van der Waals surface area contributed by atoms with Crippen LogP contribution in [0.2, 0.25) is 6.32 Å². The Kier molecular flexibility index (Phi) is 21.8. The second kappa shape index (κ2) is 21.6. The average Bonchev–Trinajstić information content (AvgIpc) is 2.69. The summed E-state index contributed by atoms with van der Waals surface area (Å²) in [5.74, 6) is 1.21. The minimum atomic E-state index is -1.00. The van der Waals surface area contributed by atoms with Gasteiger partial charge in [0.25, 0.3) is 0 Å². The standard InChI is InChI=1S/C25H53BO2S/c1-5-7-9-14-17-21-25(28-29(3,4)24-20-10-8-6-2)27-23-19-16-13-11-12-15-18-22-26/h25H,5-24H2,1-4H3. The number of hydrogen-bond acceptors (Lipinski definition) is 2. The molecule has 1 atom stereocenters. The molecule has 0 bridgehead atoms. The van der Waals surface area contributed by atoms with Gasteiger partial charge in [-0.2, -0.15) is 0 Å². The summed E-state index contributed by atoms with van der Waals surface area (Å²) < 4.78 is 12.8. The molecule has 0 rings (SSSR count). The molecule has 1 unspecified atom stereocenters. The summed E-state index contributed by atoms with van der Waals surface area (Å²) in [6.45, 7) is 5.41. The number of unbranched alkanes of at least 4 members (excludes halogenated alkanes) is 13. The van der Waals surface area contributed by atoms with Crippen molar-refractivity contribution in [3.63, 3.8) is 0 Å². The first-order valence-electron chi connectivity index (χ1n) is 12.8. The molecule has 0 aliphatic carbocycles. The molecule has 0 spiro atoms. The molecule has 29 heavy (non-hydrogen) atoms. The largest absolute Gasteiger partial charge is 0.352 e. The molecule has 0 saturated heterocycles. The molecule has 0 aromatic carbocycles. The summed E-state index contributed by atoms with van der Waals surface area (Å²) >= 11 is 0. The molecule has 174 valence electrons. The third kappa shape index (κ3) is 21.4. The van der Waals surface area contributed by atoms with Gasteiger partial charge in [-0.25, -0.2) is 0 Å². The highest BCUT2D eigenvalue weighted by Gasteiger charge is 2.19. The van der Waals surface area contributed by atoms with Gasteiger partial charge in [-0.1, -0.05) is 104 Å². The molecule has 0 aromatic rings. The third-order valence-corrected chi connectivity index (χ3v) is 7.56. The van der Waals surface area contributed by atoms with Gasteiger partial charge in [0.05, 0.1) is 7.85 Å². The Morgan fingerprint density at radius 3 is 1.79 bits per heavy atom. The van der Waals surface area contributed by atoms with Crippen molar-refractivity contribution in [2.45, 2.75) is 136 Å². The van der Waals surface area contributed by atoms with Crippen molar-refractivity contribution in [2.24, 2.45) is 0 Å². The van der Waals surface area contributed by atoms with Gasteiger partial charge < -0.3 is 8.92 Å². The van der Waals surface area contributed by atoms with E-state index in [2.05, 4.69) is 26.4 Å². The molecule has 0 aromatic heterocycles. The van der Waals surface area contributed by atoms with E-state index >= 15 is 0 Å². The lowest BCUT2D eigenvalue weighted by Gasteiger charge is -2.35. The van der Waals surface area contributed by atoms with Crippen molar-refractivity contribution in [3.05, 3.63) is 0 Å². The fourth-order valence-corrected chi connectivity index (χ4v) is 5.36. The van der Waals surface area contributed by atoms with Crippen molar-refractivity contribution in [1.82, 2.24) is 0 Å². The first-order chi connectivity index (χ1) is 14.1. The highest BCUT2D eigenvalue weighted by Crippen LogP contribution is 2.44. The van der Waals surface area contributed by atoms with Crippen LogP contribution in [0.1, 0.15) is 123 Å². The Balaban J connectivity index is 4.11. The summed E-state index contributed by atoms with van der Waals surface area (Å²) in [5, 5.41) is 0. The third-order valence-electron chi connectivity index (χ3n) is 5.55. The topological polar surface area (TPSA) is 18.5 Å². The van der Waals surface area contributed by atoms with Crippen molar-refractivity contribution in [1.29, 1.82) is 0 Å². The van der Waals surface area contributed by atoms with Gasteiger partial charge in [0.2, 0.25) is 0 Å². The van der Waals surface area contributed by atoms with Crippen molar-refractivity contribution < 1.29 is 8.92 Å². The molecule has 0 heterocycles. The van der Waals surface area contributed by atoms with Gasteiger partial charge in [0.1, 0.15) is 0 Å². The van der Waals surface area contributed by atoms with Gasteiger partial charge in [-0.15, -0.1) is 10.3 Å². The Labute approximate surface area is 187 Å². The zero-order valence-electron chi connectivity index (χ0n) is 20.5. The predicted octanol–water partition coefficient (Wildman–Crippen LogP) is 8.58. The van der Waals surface area contributed by atoms with E-state index < -0.39 is 10.3 Å². The van der Waals surface area contributed by atoms with Gasteiger partial charge in [-0.05, 0) is 43.9 Å². The summed E-state index contributed by atoms with van der Waals surface area (Å²) in [5.41, 5.74) is 0. The van der Waals surface area contributed by atoms with E-state index in [9.17, 15) is 0 Å².